The van der Waals surface area contributed by atoms with Crippen LogP contribution in [0.5, 0.6) is 0 Å². The van der Waals surface area contributed by atoms with E-state index in [4.69, 9.17) is 4.84 Å². The first-order chi connectivity index (χ1) is 13.8. The van der Waals surface area contributed by atoms with E-state index < -0.39 is 5.82 Å². The Balaban J connectivity index is 1.80. The Labute approximate surface area is 168 Å². The SMILES string of the molecule is CCN(C)CCONC(=O)c1c(C)[nH]c(/C=C2\C(=O)Nc3ccc(F)cc32)c1C. The van der Waals surface area contributed by atoms with Crippen LogP contribution in [0.4, 0.5) is 10.1 Å². The second kappa shape index (κ2) is 8.59. The molecule has 1 aromatic carbocycles. The molecule has 3 N–H and O–H groups in total. The summed E-state index contributed by atoms with van der Waals surface area (Å²) >= 11 is 0. The van der Waals surface area contributed by atoms with Crippen LogP contribution in [0, 0.1) is 19.7 Å². The average Bonchev–Trinajstić information content (AvgIpc) is 3.14. The van der Waals surface area contributed by atoms with Gasteiger partial charge in [0.25, 0.3) is 11.8 Å². The summed E-state index contributed by atoms with van der Waals surface area (Å²) in [5, 5.41) is 2.72. The van der Waals surface area contributed by atoms with E-state index in [1.165, 1.54) is 18.2 Å². The number of aromatic nitrogens is 1. The molecule has 2 amide bonds. The van der Waals surface area contributed by atoms with E-state index in [1.54, 1.807) is 19.9 Å². The maximum atomic E-state index is 13.6. The number of amides is 2. The van der Waals surface area contributed by atoms with Crippen LogP contribution in [0.3, 0.4) is 0 Å². The number of likely N-dealkylation sites (N-methyl/N-ethyl adjacent to an activating group) is 1. The summed E-state index contributed by atoms with van der Waals surface area (Å²) in [6.45, 7) is 7.57. The number of fused-ring (bicyclic) bond motifs is 1. The molecule has 0 saturated carbocycles. The van der Waals surface area contributed by atoms with E-state index in [0.29, 0.717) is 52.5 Å². The summed E-state index contributed by atoms with van der Waals surface area (Å²) in [7, 11) is 1.97. The van der Waals surface area contributed by atoms with Crippen LogP contribution < -0.4 is 10.8 Å². The largest absolute Gasteiger partial charge is 0.358 e. The lowest BCUT2D eigenvalue weighted by molar-refractivity contribution is -0.110. The number of hydrogen-bond acceptors (Lipinski definition) is 4. The number of rotatable bonds is 7. The van der Waals surface area contributed by atoms with Crippen molar-refractivity contribution in [1.29, 1.82) is 0 Å². The van der Waals surface area contributed by atoms with E-state index in [2.05, 4.69) is 20.7 Å². The Kier molecular flexibility index (Phi) is 6.14. The van der Waals surface area contributed by atoms with Crippen molar-refractivity contribution in [3.05, 3.63) is 52.1 Å². The summed E-state index contributed by atoms with van der Waals surface area (Å²) in [5.74, 6) is -1.09. The van der Waals surface area contributed by atoms with Crippen molar-refractivity contribution < 1.29 is 18.8 Å². The second-order valence-electron chi connectivity index (χ2n) is 7.04. The smallest absolute Gasteiger partial charge is 0.276 e. The molecular formula is C21H25FN4O3. The number of benzene rings is 1. The monoisotopic (exact) mass is 400 g/mol. The maximum Gasteiger partial charge on any atom is 0.276 e. The van der Waals surface area contributed by atoms with Crippen molar-refractivity contribution in [2.24, 2.45) is 0 Å². The number of anilines is 1. The first-order valence-electron chi connectivity index (χ1n) is 9.44. The molecule has 0 atom stereocenters. The number of carbonyl (C=O) groups excluding carboxylic acids is 2. The molecular weight excluding hydrogens is 375 g/mol. The highest BCUT2D eigenvalue weighted by atomic mass is 19.1. The van der Waals surface area contributed by atoms with E-state index in [1.807, 2.05) is 14.0 Å². The van der Waals surface area contributed by atoms with Gasteiger partial charge < -0.3 is 15.2 Å². The van der Waals surface area contributed by atoms with Gasteiger partial charge in [-0.1, -0.05) is 6.92 Å². The van der Waals surface area contributed by atoms with Gasteiger partial charge in [-0.15, -0.1) is 0 Å². The van der Waals surface area contributed by atoms with Crippen LogP contribution in [-0.4, -0.2) is 48.4 Å². The van der Waals surface area contributed by atoms with Gasteiger partial charge in [0, 0.05) is 29.2 Å². The first kappa shape index (κ1) is 20.8. The van der Waals surface area contributed by atoms with Gasteiger partial charge in [-0.2, -0.15) is 0 Å². The van der Waals surface area contributed by atoms with Crippen molar-refractivity contribution in [3.8, 4) is 0 Å². The normalized spacial score (nSPS) is 14.4. The van der Waals surface area contributed by atoms with E-state index >= 15 is 0 Å². The molecule has 29 heavy (non-hydrogen) atoms. The van der Waals surface area contributed by atoms with Gasteiger partial charge in [0.2, 0.25) is 0 Å². The van der Waals surface area contributed by atoms with E-state index in [-0.39, 0.29) is 11.8 Å². The van der Waals surface area contributed by atoms with Crippen molar-refractivity contribution in [3.63, 3.8) is 0 Å². The highest BCUT2D eigenvalue weighted by Crippen LogP contribution is 2.34. The van der Waals surface area contributed by atoms with E-state index in [9.17, 15) is 14.0 Å². The zero-order valence-electron chi connectivity index (χ0n) is 17.0. The Morgan fingerprint density at radius 1 is 1.34 bits per heavy atom. The fraction of sp³-hybridized carbons (Fsp3) is 0.333. The molecule has 1 aromatic heterocycles. The van der Waals surface area contributed by atoms with Crippen molar-refractivity contribution >= 4 is 29.2 Å². The lowest BCUT2D eigenvalue weighted by Gasteiger charge is -2.13. The fourth-order valence-electron chi connectivity index (χ4n) is 3.23. The third-order valence-corrected chi connectivity index (χ3v) is 5.04. The molecule has 0 fully saturated rings. The molecule has 0 saturated heterocycles. The van der Waals surface area contributed by atoms with Crippen molar-refractivity contribution in [2.45, 2.75) is 20.8 Å². The summed E-state index contributed by atoms with van der Waals surface area (Å²) in [6, 6.07) is 4.15. The molecule has 0 radical (unpaired) electrons. The number of aromatic amines is 1. The minimum absolute atomic E-state index is 0.313. The summed E-state index contributed by atoms with van der Waals surface area (Å²) < 4.78 is 13.6. The molecule has 1 aliphatic rings. The second-order valence-corrected chi connectivity index (χ2v) is 7.04. The number of hydrogen-bond donors (Lipinski definition) is 3. The number of carbonyl (C=O) groups is 2. The lowest BCUT2D eigenvalue weighted by Crippen LogP contribution is -2.30. The molecule has 8 heteroatoms. The highest BCUT2D eigenvalue weighted by Gasteiger charge is 2.26. The molecule has 2 aromatic rings. The molecule has 2 heterocycles. The minimum atomic E-state index is -0.420. The molecule has 154 valence electrons. The maximum absolute atomic E-state index is 13.6. The molecule has 0 bridgehead atoms. The predicted octanol–water partition coefficient (Wildman–Crippen LogP) is 2.88. The molecule has 7 nitrogen and oxygen atoms in total. The number of aryl methyl sites for hydroxylation is 1. The van der Waals surface area contributed by atoms with Crippen LogP contribution in [0.25, 0.3) is 11.6 Å². The van der Waals surface area contributed by atoms with Crippen LogP contribution in [-0.2, 0) is 9.63 Å². The zero-order chi connectivity index (χ0) is 21.1. The topological polar surface area (TPSA) is 86.5 Å². The van der Waals surface area contributed by atoms with Crippen LogP contribution in [0.1, 0.15) is 39.8 Å². The van der Waals surface area contributed by atoms with Gasteiger partial charge in [0.1, 0.15) is 5.82 Å². The van der Waals surface area contributed by atoms with Crippen molar-refractivity contribution in [2.75, 3.05) is 32.1 Å². The summed E-state index contributed by atoms with van der Waals surface area (Å²) in [4.78, 5) is 35.3. The van der Waals surface area contributed by atoms with Crippen LogP contribution in [0.15, 0.2) is 18.2 Å². The molecule has 0 unspecified atom stereocenters. The van der Waals surface area contributed by atoms with Gasteiger partial charge in [0.05, 0.1) is 17.7 Å². The molecule has 1 aliphatic heterocycles. The Hall–Kier alpha value is -2.97. The zero-order valence-corrected chi connectivity index (χ0v) is 17.0. The molecule has 0 spiro atoms. The summed E-state index contributed by atoms with van der Waals surface area (Å²) in [6.07, 6.45) is 1.64. The van der Waals surface area contributed by atoms with Crippen LogP contribution in [0.2, 0.25) is 0 Å². The quantitative estimate of drug-likeness (QED) is 0.379. The predicted molar refractivity (Wildman–Crippen MR) is 110 cm³/mol. The third-order valence-electron chi connectivity index (χ3n) is 5.04. The average molecular weight is 400 g/mol. The Morgan fingerprint density at radius 3 is 2.83 bits per heavy atom. The number of halogens is 1. The molecule has 3 rings (SSSR count). The molecule has 0 aliphatic carbocycles. The van der Waals surface area contributed by atoms with Crippen LogP contribution >= 0.6 is 0 Å². The number of nitrogens with zero attached hydrogens (tertiary/aromatic N) is 1. The highest BCUT2D eigenvalue weighted by molar-refractivity contribution is 6.34. The lowest BCUT2D eigenvalue weighted by atomic mass is 10.0. The Morgan fingerprint density at radius 2 is 2.10 bits per heavy atom. The Bertz CT molecular complexity index is 981. The van der Waals surface area contributed by atoms with Crippen molar-refractivity contribution in [1.82, 2.24) is 15.4 Å². The number of nitrogens with one attached hydrogen (secondary N) is 3. The number of hydroxylamine groups is 1. The number of H-pyrrole nitrogens is 1. The third kappa shape index (κ3) is 4.38. The van der Waals surface area contributed by atoms with E-state index in [0.717, 1.165) is 6.54 Å². The van der Waals surface area contributed by atoms with Gasteiger partial charge >= 0.3 is 0 Å². The first-order valence-corrected chi connectivity index (χ1v) is 9.44. The fourth-order valence-corrected chi connectivity index (χ4v) is 3.23. The minimum Gasteiger partial charge on any atom is -0.358 e. The summed E-state index contributed by atoms with van der Waals surface area (Å²) in [5.41, 5.74) is 6.26. The van der Waals surface area contributed by atoms with Gasteiger partial charge in [-0.05, 0) is 57.3 Å². The van der Waals surface area contributed by atoms with Gasteiger partial charge in [-0.3, -0.25) is 14.4 Å². The standard InChI is InChI=1S/C21H25FN4O3/c1-5-26(4)8-9-29-25-21(28)19-12(2)18(23-13(19)3)11-16-15-10-14(22)6-7-17(15)24-20(16)27/h6-7,10-11,23H,5,8-9H2,1-4H3,(H,24,27)(H,25,28)/b16-11-. The van der Waals surface area contributed by atoms with Gasteiger partial charge in [0.15, 0.2) is 0 Å². The van der Waals surface area contributed by atoms with Gasteiger partial charge in [-0.25, -0.2) is 9.87 Å².